The SMILES string of the molecule is CC(=O)NCCC(=O)NCc1ccc(Br)cc1Cl. The van der Waals surface area contributed by atoms with Gasteiger partial charge in [-0.15, -0.1) is 0 Å². The van der Waals surface area contributed by atoms with Gasteiger partial charge in [0.1, 0.15) is 0 Å². The molecular weight excluding hydrogens is 320 g/mol. The van der Waals surface area contributed by atoms with Crippen LogP contribution in [0.2, 0.25) is 5.02 Å². The van der Waals surface area contributed by atoms with E-state index in [1.54, 1.807) is 6.07 Å². The van der Waals surface area contributed by atoms with Gasteiger partial charge in [0, 0.05) is 35.9 Å². The van der Waals surface area contributed by atoms with Gasteiger partial charge >= 0.3 is 0 Å². The quantitative estimate of drug-likeness (QED) is 0.868. The molecule has 0 aliphatic heterocycles. The van der Waals surface area contributed by atoms with Crippen LogP contribution >= 0.6 is 27.5 Å². The van der Waals surface area contributed by atoms with Crippen LogP contribution in [0.1, 0.15) is 18.9 Å². The molecule has 1 aromatic carbocycles. The molecule has 6 heteroatoms. The van der Waals surface area contributed by atoms with Gasteiger partial charge in [-0.05, 0) is 17.7 Å². The van der Waals surface area contributed by atoms with Crippen molar-refractivity contribution in [2.24, 2.45) is 0 Å². The number of carbonyl (C=O) groups is 2. The number of amides is 2. The number of hydrogen-bond acceptors (Lipinski definition) is 2. The number of carbonyl (C=O) groups excluding carboxylic acids is 2. The third kappa shape index (κ3) is 5.51. The van der Waals surface area contributed by atoms with Crippen molar-refractivity contribution in [1.82, 2.24) is 10.6 Å². The summed E-state index contributed by atoms with van der Waals surface area (Å²) in [5.74, 6) is -0.263. The predicted octanol–water partition coefficient (Wildman–Crippen LogP) is 2.24. The minimum absolute atomic E-state index is 0.122. The highest BCUT2D eigenvalue weighted by atomic mass is 79.9. The fourth-order valence-electron chi connectivity index (χ4n) is 1.30. The number of nitrogens with one attached hydrogen (secondary N) is 2. The Labute approximate surface area is 119 Å². The van der Waals surface area contributed by atoms with Crippen molar-refractivity contribution in [1.29, 1.82) is 0 Å². The van der Waals surface area contributed by atoms with Crippen LogP contribution in [0.4, 0.5) is 0 Å². The van der Waals surface area contributed by atoms with Gasteiger partial charge in [-0.25, -0.2) is 0 Å². The van der Waals surface area contributed by atoms with E-state index in [0.717, 1.165) is 10.0 Å². The maximum atomic E-state index is 11.5. The monoisotopic (exact) mass is 332 g/mol. The fraction of sp³-hybridized carbons (Fsp3) is 0.333. The summed E-state index contributed by atoms with van der Waals surface area (Å²) in [5.41, 5.74) is 0.854. The maximum absolute atomic E-state index is 11.5. The molecule has 0 saturated carbocycles. The molecule has 0 radical (unpaired) electrons. The van der Waals surface area contributed by atoms with Crippen molar-refractivity contribution in [3.8, 4) is 0 Å². The number of rotatable bonds is 5. The van der Waals surface area contributed by atoms with Gasteiger partial charge in [-0.3, -0.25) is 9.59 Å². The van der Waals surface area contributed by atoms with E-state index in [1.807, 2.05) is 12.1 Å². The summed E-state index contributed by atoms with van der Waals surface area (Å²) in [6.07, 6.45) is 0.258. The first-order valence-corrected chi connectivity index (χ1v) is 6.61. The van der Waals surface area contributed by atoms with Crippen LogP contribution in [0.3, 0.4) is 0 Å². The molecule has 2 N–H and O–H groups in total. The summed E-state index contributed by atoms with van der Waals surface area (Å²) in [7, 11) is 0. The minimum atomic E-state index is -0.140. The Hall–Kier alpha value is -1.07. The first-order valence-electron chi connectivity index (χ1n) is 5.44. The average Bonchev–Trinajstić information content (AvgIpc) is 2.27. The second-order valence-electron chi connectivity index (χ2n) is 3.75. The van der Waals surface area contributed by atoms with Crippen molar-refractivity contribution in [2.45, 2.75) is 19.9 Å². The zero-order chi connectivity index (χ0) is 13.5. The molecular formula is C12H14BrClN2O2. The van der Waals surface area contributed by atoms with Crippen LogP contribution in [0.25, 0.3) is 0 Å². The molecule has 0 unspecified atom stereocenters. The van der Waals surface area contributed by atoms with E-state index in [1.165, 1.54) is 6.92 Å². The average molecular weight is 334 g/mol. The summed E-state index contributed by atoms with van der Waals surface area (Å²) in [4.78, 5) is 22.1. The van der Waals surface area contributed by atoms with E-state index < -0.39 is 0 Å². The lowest BCUT2D eigenvalue weighted by Gasteiger charge is -2.07. The van der Waals surface area contributed by atoms with E-state index in [-0.39, 0.29) is 18.2 Å². The Morgan fingerprint density at radius 3 is 2.67 bits per heavy atom. The predicted molar refractivity (Wildman–Crippen MR) is 74.3 cm³/mol. The number of benzene rings is 1. The summed E-state index contributed by atoms with van der Waals surface area (Å²) in [6, 6.07) is 5.49. The molecule has 0 aliphatic rings. The summed E-state index contributed by atoms with van der Waals surface area (Å²) < 4.78 is 0.897. The van der Waals surface area contributed by atoms with Gasteiger partial charge in [-0.1, -0.05) is 33.6 Å². The second-order valence-corrected chi connectivity index (χ2v) is 5.07. The van der Waals surface area contributed by atoms with Crippen molar-refractivity contribution in [2.75, 3.05) is 6.54 Å². The zero-order valence-electron chi connectivity index (χ0n) is 9.93. The van der Waals surface area contributed by atoms with E-state index in [4.69, 9.17) is 11.6 Å². The molecule has 0 fully saturated rings. The molecule has 0 saturated heterocycles. The molecule has 0 aliphatic carbocycles. The van der Waals surface area contributed by atoms with Crippen molar-refractivity contribution in [3.05, 3.63) is 33.3 Å². The highest BCUT2D eigenvalue weighted by Crippen LogP contribution is 2.21. The van der Waals surface area contributed by atoms with Crippen molar-refractivity contribution in [3.63, 3.8) is 0 Å². The Bertz CT molecular complexity index is 452. The Balaban J connectivity index is 2.36. The van der Waals surface area contributed by atoms with Crippen LogP contribution in [0, 0.1) is 0 Å². The largest absolute Gasteiger partial charge is 0.356 e. The maximum Gasteiger partial charge on any atom is 0.222 e. The van der Waals surface area contributed by atoms with Gasteiger partial charge in [0.2, 0.25) is 11.8 Å². The summed E-state index contributed by atoms with van der Waals surface area (Å²) >= 11 is 9.33. The highest BCUT2D eigenvalue weighted by molar-refractivity contribution is 9.10. The molecule has 4 nitrogen and oxygen atoms in total. The standard InChI is InChI=1S/C12H14BrClN2O2/c1-8(17)15-5-4-12(18)16-7-9-2-3-10(13)6-11(9)14/h2-3,6H,4-5,7H2,1H3,(H,15,17)(H,16,18). The van der Waals surface area contributed by atoms with E-state index >= 15 is 0 Å². The van der Waals surface area contributed by atoms with Crippen LogP contribution < -0.4 is 10.6 Å². The lowest BCUT2D eigenvalue weighted by molar-refractivity contribution is -0.121. The number of halogens is 2. The molecule has 18 heavy (non-hydrogen) atoms. The third-order valence-corrected chi connectivity index (χ3v) is 3.06. The minimum Gasteiger partial charge on any atom is -0.356 e. The first kappa shape index (κ1) is 15.0. The molecule has 1 rings (SSSR count). The molecule has 0 heterocycles. The highest BCUT2D eigenvalue weighted by Gasteiger charge is 2.04. The molecule has 0 bridgehead atoms. The Morgan fingerprint density at radius 2 is 2.06 bits per heavy atom. The van der Waals surface area contributed by atoms with Crippen LogP contribution in [0.5, 0.6) is 0 Å². The zero-order valence-corrected chi connectivity index (χ0v) is 12.3. The smallest absolute Gasteiger partial charge is 0.222 e. The second kappa shape index (κ2) is 7.38. The van der Waals surface area contributed by atoms with Crippen LogP contribution in [0.15, 0.2) is 22.7 Å². The third-order valence-electron chi connectivity index (χ3n) is 2.22. The van der Waals surface area contributed by atoms with Gasteiger partial charge in [0.05, 0.1) is 0 Å². The molecule has 0 spiro atoms. The topological polar surface area (TPSA) is 58.2 Å². The fourth-order valence-corrected chi connectivity index (χ4v) is 2.04. The Kier molecular flexibility index (Phi) is 6.15. The lowest BCUT2D eigenvalue weighted by atomic mass is 10.2. The molecule has 2 amide bonds. The van der Waals surface area contributed by atoms with E-state index in [9.17, 15) is 9.59 Å². The van der Waals surface area contributed by atoms with Crippen molar-refractivity contribution < 1.29 is 9.59 Å². The van der Waals surface area contributed by atoms with Gasteiger partial charge < -0.3 is 10.6 Å². The molecule has 98 valence electrons. The summed E-state index contributed by atoms with van der Waals surface area (Å²) in [5, 5.41) is 5.91. The number of hydrogen-bond donors (Lipinski definition) is 2. The van der Waals surface area contributed by atoms with Gasteiger partial charge in [0.15, 0.2) is 0 Å². The molecule has 1 aromatic rings. The van der Waals surface area contributed by atoms with Crippen LogP contribution in [-0.4, -0.2) is 18.4 Å². The van der Waals surface area contributed by atoms with E-state index in [0.29, 0.717) is 18.1 Å². The van der Waals surface area contributed by atoms with Crippen molar-refractivity contribution >= 4 is 39.3 Å². The first-order chi connectivity index (χ1) is 8.49. The normalized spacial score (nSPS) is 9.94. The summed E-state index contributed by atoms with van der Waals surface area (Å²) in [6.45, 7) is 2.14. The Morgan fingerprint density at radius 1 is 1.33 bits per heavy atom. The molecule has 0 atom stereocenters. The van der Waals surface area contributed by atoms with Crippen LogP contribution in [-0.2, 0) is 16.1 Å². The molecule has 0 aromatic heterocycles. The lowest BCUT2D eigenvalue weighted by Crippen LogP contribution is -2.29. The van der Waals surface area contributed by atoms with Gasteiger partial charge in [-0.2, -0.15) is 0 Å². The van der Waals surface area contributed by atoms with E-state index in [2.05, 4.69) is 26.6 Å². The van der Waals surface area contributed by atoms with Gasteiger partial charge in [0.25, 0.3) is 0 Å².